The molecule has 2 rings (SSSR count). The standard InChI is InChI=1S/C12H11FO2/c1-2-14-12-6-5-9(13)8-10(12)11-4-3-7-15-11/h3-8H,2H2,1H3. The van der Waals surface area contributed by atoms with Crippen LogP contribution < -0.4 is 4.74 Å². The number of hydrogen-bond acceptors (Lipinski definition) is 2. The molecular weight excluding hydrogens is 195 g/mol. The number of benzene rings is 1. The van der Waals surface area contributed by atoms with Crippen LogP contribution in [-0.2, 0) is 0 Å². The summed E-state index contributed by atoms with van der Waals surface area (Å²) < 4.78 is 23.7. The summed E-state index contributed by atoms with van der Waals surface area (Å²) in [5.41, 5.74) is 0.641. The van der Waals surface area contributed by atoms with Gasteiger partial charge in [-0.2, -0.15) is 0 Å². The molecule has 0 N–H and O–H groups in total. The Hall–Kier alpha value is -1.77. The van der Waals surface area contributed by atoms with Crippen molar-refractivity contribution in [3.63, 3.8) is 0 Å². The molecule has 3 heteroatoms. The highest BCUT2D eigenvalue weighted by molar-refractivity contribution is 5.65. The molecule has 15 heavy (non-hydrogen) atoms. The summed E-state index contributed by atoms with van der Waals surface area (Å²) in [6.45, 7) is 2.43. The Kier molecular flexibility index (Phi) is 2.72. The lowest BCUT2D eigenvalue weighted by Crippen LogP contribution is -1.94. The van der Waals surface area contributed by atoms with Crippen molar-refractivity contribution in [2.75, 3.05) is 6.61 Å². The highest BCUT2D eigenvalue weighted by Crippen LogP contribution is 2.30. The number of hydrogen-bond donors (Lipinski definition) is 0. The second kappa shape index (κ2) is 4.17. The van der Waals surface area contributed by atoms with Crippen molar-refractivity contribution in [3.8, 4) is 17.1 Å². The predicted octanol–water partition coefficient (Wildman–Crippen LogP) is 3.48. The van der Waals surface area contributed by atoms with Crippen LogP contribution in [0.1, 0.15) is 6.92 Å². The molecule has 0 unspecified atom stereocenters. The van der Waals surface area contributed by atoms with Crippen molar-refractivity contribution in [1.82, 2.24) is 0 Å². The van der Waals surface area contributed by atoms with E-state index in [2.05, 4.69) is 0 Å². The topological polar surface area (TPSA) is 22.4 Å². The van der Waals surface area contributed by atoms with Crippen LogP contribution in [-0.4, -0.2) is 6.61 Å². The third-order valence-electron chi connectivity index (χ3n) is 2.03. The van der Waals surface area contributed by atoms with Crippen LogP contribution in [0.4, 0.5) is 4.39 Å². The first-order valence-corrected chi connectivity index (χ1v) is 4.77. The Balaban J connectivity index is 2.47. The molecule has 0 radical (unpaired) electrons. The normalized spacial score (nSPS) is 10.3. The van der Waals surface area contributed by atoms with Gasteiger partial charge in [0.05, 0.1) is 18.4 Å². The van der Waals surface area contributed by atoms with Gasteiger partial charge in [-0.1, -0.05) is 0 Å². The van der Waals surface area contributed by atoms with Crippen LogP contribution in [0.15, 0.2) is 41.0 Å². The van der Waals surface area contributed by atoms with E-state index in [0.29, 0.717) is 23.7 Å². The van der Waals surface area contributed by atoms with Gasteiger partial charge in [-0.05, 0) is 37.3 Å². The summed E-state index contributed by atoms with van der Waals surface area (Å²) >= 11 is 0. The van der Waals surface area contributed by atoms with E-state index in [1.54, 1.807) is 24.5 Å². The van der Waals surface area contributed by atoms with Crippen molar-refractivity contribution in [1.29, 1.82) is 0 Å². The second-order valence-corrected chi connectivity index (χ2v) is 3.05. The molecule has 1 heterocycles. The lowest BCUT2D eigenvalue weighted by atomic mass is 10.1. The van der Waals surface area contributed by atoms with Crippen molar-refractivity contribution < 1.29 is 13.5 Å². The Morgan fingerprint density at radius 3 is 2.87 bits per heavy atom. The summed E-state index contributed by atoms with van der Waals surface area (Å²) in [6, 6.07) is 7.92. The van der Waals surface area contributed by atoms with Gasteiger partial charge in [0, 0.05) is 0 Å². The third-order valence-corrected chi connectivity index (χ3v) is 2.03. The minimum absolute atomic E-state index is 0.301. The van der Waals surface area contributed by atoms with Gasteiger partial charge < -0.3 is 9.15 Å². The van der Waals surface area contributed by atoms with E-state index in [9.17, 15) is 4.39 Å². The quantitative estimate of drug-likeness (QED) is 0.767. The van der Waals surface area contributed by atoms with E-state index in [-0.39, 0.29) is 5.82 Å². The first-order valence-electron chi connectivity index (χ1n) is 4.77. The maximum absolute atomic E-state index is 13.1. The van der Waals surface area contributed by atoms with Crippen molar-refractivity contribution in [2.45, 2.75) is 6.92 Å². The molecule has 0 aliphatic carbocycles. The van der Waals surface area contributed by atoms with E-state index in [1.807, 2.05) is 6.92 Å². The van der Waals surface area contributed by atoms with Gasteiger partial charge in [-0.3, -0.25) is 0 Å². The Morgan fingerprint density at radius 2 is 2.20 bits per heavy atom. The molecule has 0 spiro atoms. The van der Waals surface area contributed by atoms with E-state index in [0.717, 1.165) is 0 Å². The number of furan rings is 1. The number of halogens is 1. The summed E-state index contributed by atoms with van der Waals surface area (Å²) in [7, 11) is 0. The zero-order chi connectivity index (χ0) is 10.7. The van der Waals surface area contributed by atoms with E-state index in [4.69, 9.17) is 9.15 Å². The molecule has 0 fully saturated rings. The Morgan fingerprint density at radius 1 is 1.33 bits per heavy atom. The van der Waals surface area contributed by atoms with Gasteiger partial charge in [0.15, 0.2) is 0 Å². The fourth-order valence-corrected chi connectivity index (χ4v) is 1.41. The molecule has 0 atom stereocenters. The molecular formula is C12H11FO2. The van der Waals surface area contributed by atoms with Crippen LogP contribution in [0.5, 0.6) is 5.75 Å². The van der Waals surface area contributed by atoms with Gasteiger partial charge in [0.2, 0.25) is 0 Å². The molecule has 1 aromatic heterocycles. The van der Waals surface area contributed by atoms with Gasteiger partial charge in [0.25, 0.3) is 0 Å². The molecule has 0 saturated heterocycles. The maximum Gasteiger partial charge on any atom is 0.137 e. The smallest absolute Gasteiger partial charge is 0.137 e. The van der Waals surface area contributed by atoms with Crippen LogP contribution in [0.2, 0.25) is 0 Å². The monoisotopic (exact) mass is 206 g/mol. The minimum atomic E-state index is -0.301. The van der Waals surface area contributed by atoms with Crippen molar-refractivity contribution in [2.24, 2.45) is 0 Å². The molecule has 2 nitrogen and oxygen atoms in total. The third kappa shape index (κ3) is 2.01. The zero-order valence-electron chi connectivity index (χ0n) is 8.37. The summed E-state index contributed by atoms with van der Waals surface area (Å²) in [5.74, 6) is 0.941. The molecule has 1 aromatic carbocycles. The lowest BCUT2D eigenvalue weighted by Gasteiger charge is -2.07. The van der Waals surface area contributed by atoms with Gasteiger partial charge in [-0.15, -0.1) is 0 Å². The van der Waals surface area contributed by atoms with Gasteiger partial charge in [0.1, 0.15) is 17.3 Å². The highest BCUT2D eigenvalue weighted by Gasteiger charge is 2.09. The summed E-state index contributed by atoms with van der Waals surface area (Å²) in [6.07, 6.45) is 1.55. The second-order valence-electron chi connectivity index (χ2n) is 3.05. The molecule has 0 amide bonds. The average Bonchev–Trinajstić information content (AvgIpc) is 2.74. The number of ether oxygens (including phenoxy) is 1. The predicted molar refractivity (Wildman–Crippen MR) is 55.3 cm³/mol. The Bertz CT molecular complexity index is 435. The first-order chi connectivity index (χ1) is 7.31. The first kappa shape index (κ1) is 9.77. The van der Waals surface area contributed by atoms with Crippen LogP contribution in [0.3, 0.4) is 0 Å². The highest BCUT2D eigenvalue weighted by atomic mass is 19.1. The maximum atomic E-state index is 13.1. The fourth-order valence-electron chi connectivity index (χ4n) is 1.41. The van der Waals surface area contributed by atoms with E-state index < -0.39 is 0 Å². The molecule has 0 bridgehead atoms. The minimum Gasteiger partial charge on any atom is -0.493 e. The summed E-state index contributed by atoms with van der Waals surface area (Å²) in [5, 5.41) is 0. The average molecular weight is 206 g/mol. The van der Waals surface area contributed by atoms with E-state index >= 15 is 0 Å². The fraction of sp³-hybridized carbons (Fsp3) is 0.167. The van der Waals surface area contributed by atoms with Gasteiger partial charge >= 0.3 is 0 Å². The van der Waals surface area contributed by atoms with E-state index in [1.165, 1.54) is 12.1 Å². The Labute approximate surface area is 87.3 Å². The SMILES string of the molecule is CCOc1ccc(F)cc1-c1ccco1. The van der Waals surface area contributed by atoms with Crippen molar-refractivity contribution in [3.05, 3.63) is 42.4 Å². The van der Waals surface area contributed by atoms with Crippen LogP contribution in [0, 0.1) is 5.82 Å². The molecule has 2 aromatic rings. The van der Waals surface area contributed by atoms with Crippen molar-refractivity contribution >= 4 is 0 Å². The lowest BCUT2D eigenvalue weighted by molar-refractivity contribution is 0.340. The van der Waals surface area contributed by atoms with Gasteiger partial charge in [-0.25, -0.2) is 4.39 Å². The van der Waals surface area contributed by atoms with Crippen LogP contribution in [0.25, 0.3) is 11.3 Å². The largest absolute Gasteiger partial charge is 0.493 e. The summed E-state index contributed by atoms with van der Waals surface area (Å²) in [4.78, 5) is 0. The molecule has 78 valence electrons. The zero-order valence-corrected chi connectivity index (χ0v) is 8.37. The molecule has 0 aliphatic heterocycles. The molecule has 0 saturated carbocycles. The number of rotatable bonds is 3. The molecule has 0 aliphatic rings. The van der Waals surface area contributed by atoms with Crippen LogP contribution >= 0.6 is 0 Å².